The largest absolute Gasteiger partial charge is 0.466 e. The third-order valence-corrected chi connectivity index (χ3v) is 3.44. The summed E-state index contributed by atoms with van der Waals surface area (Å²) in [7, 11) is 0. The Morgan fingerprint density at radius 3 is 1.94 bits per heavy atom. The Bertz CT molecular complexity index is 272. The predicted molar refractivity (Wildman–Crippen MR) is 64.7 cm³/mol. The molecule has 0 aromatic carbocycles. The van der Waals surface area contributed by atoms with Crippen LogP contribution in [0, 0.1) is 17.8 Å². The summed E-state index contributed by atoms with van der Waals surface area (Å²) < 4.78 is 9.96. The quantitative estimate of drug-likeness (QED) is 0.765. The van der Waals surface area contributed by atoms with E-state index in [1.54, 1.807) is 13.8 Å². The van der Waals surface area contributed by atoms with Crippen LogP contribution in [0.25, 0.3) is 0 Å². The van der Waals surface area contributed by atoms with Gasteiger partial charge in [0.25, 0.3) is 0 Å². The molecule has 1 N–H and O–H groups in total. The number of rotatable bonds is 4. The molecule has 18 heavy (non-hydrogen) atoms. The first-order valence-electron chi connectivity index (χ1n) is 6.52. The van der Waals surface area contributed by atoms with Crippen molar-refractivity contribution in [1.82, 2.24) is 0 Å². The maximum atomic E-state index is 11.9. The first kappa shape index (κ1) is 15.0. The van der Waals surface area contributed by atoms with Crippen LogP contribution in [0.3, 0.4) is 0 Å². The second-order valence-corrected chi connectivity index (χ2v) is 4.73. The smallest absolute Gasteiger partial charge is 0.309 e. The van der Waals surface area contributed by atoms with E-state index in [1.165, 1.54) is 0 Å². The molecule has 0 aromatic rings. The Morgan fingerprint density at radius 1 is 1.06 bits per heavy atom. The van der Waals surface area contributed by atoms with Crippen LogP contribution in [-0.4, -0.2) is 36.4 Å². The molecule has 1 aliphatic rings. The normalized spacial score (nSPS) is 31.8. The van der Waals surface area contributed by atoms with Crippen molar-refractivity contribution in [2.75, 3.05) is 13.2 Å². The summed E-state index contributed by atoms with van der Waals surface area (Å²) in [6.07, 6.45) is 0.164. The van der Waals surface area contributed by atoms with Crippen LogP contribution in [0.15, 0.2) is 0 Å². The van der Waals surface area contributed by atoms with E-state index in [4.69, 9.17) is 9.47 Å². The van der Waals surface area contributed by atoms with E-state index in [0.29, 0.717) is 13.0 Å². The van der Waals surface area contributed by atoms with Gasteiger partial charge in [-0.1, -0.05) is 6.92 Å². The highest BCUT2D eigenvalue weighted by atomic mass is 16.5. The molecular weight excluding hydrogens is 236 g/mol. The summed E-state index contributed by atoms with van der Waals surface area (Å²) >= 11 is 0. The molecule has 0 heterocycles. The Kier molecular flexibility index (Phi) is 5.59. The van der Waals surface area contributed by atoms with Crippen molar-refractivity contribution in [2.45, 2.75) is 39.7 Å². The Hall–Kier alpha value is -1.10. The molecule has 4 atom stereocenters. The molecule has 1 saturated carbocycles. The number of carbonyl (C=O) groups is 2. The van der Waals surface area contributed by atoms with Gasteiger partial charge in [-0.05, 0) is 32.6 Å². The third kappa shape index (κ3) is 3.45. The van der Waals surface area contributed by atoms with Gasteiger partial charge in [0.2, 0.25) is 0 Å². The minimum Gasteiger partial charge on any atom is -0.466 e. The van der Waals surface area contributed by atoms with Gasteiger partial charge in [-0.2, -0.15) is 0 Å². The standard InChI is InChI=1S/C13H22O5/c1-4-17-12(15)9-6-8(3)11(14)7-10(9)13(16)18-5-2/h8-11,14H,4-7H2,1-3H3/t8-,9-,10-,11-/m0/s1. The molecule has 0 radical (unpaired) electrons. The molecule has 0 bridgehead atoms. The molecule has 5 nitrogen and oxygen atoms in total. The highest BCUT2D eigenvalue weighted by Crippen LogP contribution is 2.35. The lowest BCUT2D eigenvalue weighted by molar-refractivity contribution is -0.166. The van der Waals surface area contributed by atoms with Gasteiger partial charge in [-0.25, -0.2) is 0 Å². The zero-order valence-corrected chi connectivity index (χ0v) is 11.2. The average molecular weight is 258 g/mol. The molecule has 1 rings (SSSR count). The van der Waals surface area contributed by atoms with E-state index in [2.05, 4.69) is 0 Å². The van der Waals surface area contributed by atoms with E-state index in [1.807, 2.05) is 6.92 Å². The van der Waals surface area contributed by atoms with Crippen molar-refractivity contribution >= 4 is 11.9 Å². The van der Waals surface area contributed by atoms with Crippen molar-refractivity contribution in [3.63, 3.8) is 0 Å². The van der Waals surface area contributed by atoms with Gasteiger partial charge in [0, 0.05) is 0 Å². The van der Waals surface area contributed by atoms with Crippen LogP contribution in [0.2, 0.25) is 0 Å². The van der Waals surface area contributed by atoms with Gasteiger partial charge >= 0.3 is 11.9 Å². The molecule has 0 aliphatic heterocycles. The van der Waals surface area contributed by atoms with Crippen molar-refractivity contribution < 1.29 is 24.2 Å². The fraction of sp³-hybridized carbons (Fsp3) is 0.846. The van der Waals surface area contributed by atoms with E-state index >= 15 is 0 Å². The molecule has 1 fully saturated rings. The summed E-state index contributed by atoms with van der Waals surface area (Å²) in [6, 6.07) is 0. The van der Waals surface area contributed by atoms with Crippen molar-refractivity contribution in [2.24, 2.45) is 17.8 Å². The van der Waals surface area contributed by atoms with Gasteiger partial charge in [0.1, 0.15) is 0 Å². The fourth-order valence-electron chi connectivity index (χ4n) is 2.40. The number of hydrogen-bond acceptors (Lipinski definition) is 5. The fourth-order valence-corrected chi connectivity index (χ4v) is 2.40. The van der Waals surface area contributed by atoms with Gasteiger partial charge in [-0.15, -0.1) is 0 Å². The SMILES string of the molecule is CCOC(=O)[C@H]1C[C@H](C)[C@@H](O)C[C@@H]1C(=O)OCC. The highest BCUT2D eigenvalue weighted by Gasteiger charge is 2.43. The molecule has 5 heteroatoms. The molecule has 0 saturated heterocycles. The lowest BCUT2D eigenvalue weighted by Gasteiger charge is -2.35. The monoisotopic (exact) mass is 258 g/mol. The number of aliphatic hydroxyl groups is 1. The molecule has 0 unspecified atom stereocenters. The van der Waals surface area contributed by atoms with Gasteiger partial charge in [0.05, 0.1) is 31.2 Å². The van der Waals surface area contributed by atoms with Crippen LogP contribution in [0.1, 0.15) is 33.6 Å². The summed E-state index contributed by atoms with van der Waals surface area (Å²) in [6.45, 7) is 5.90. The minimum atomic E-state index is -0.588. The van der Waals surface area contributed by atoms with E-state index in [-0.39, 0.29) is 24.9 Å². The van der Waals surface area contributed by atoms with Crippen molar-refractivity contribution in [3.05, 3.63) is 0 Å². The maximum Gasteiger partial charge on any atom is 0.309 e. The second-order valence-electron chi connectivity index (χ2n) is 4.73. The molecule has 0 spiro atoms. The first-order chi connectivity index (χ1) is 8.51. The Morgan fingerprint density at radius 2 is 1.50 bits per heavy atom. The second kappa shape index (κ2) is 6.73. The Balaban J connectivity index is 2.80. The van der Waals surface area contributed by atoms with E-state index in [0.717, 1.165) is 0 Å². The third-order valence-electron chi connectivity index (χ3n) is 3.44. The van der Waals surface area contributed by atoms with Gasteiger partial charge in [0.15, 0.2) is 0 Å². The number of ether oxygens (including phenoxy) is 2. The molecule has 0 amide bonds. The van der Waals surface area contributed by atoms with Crippen LogP contribution >= 0.6 is 0 Å². The lowest BCUT2D eigenvalue weighted by atomic mass is 9.73. The van der Waals surface area contributed by atoms with E-state index in [9.17, 15) is 14.7 Å². The topological polar surface area (TPSA) is 72.8 Å². The number of carbonyl (C=O) groups excluding carboxylic acids is 2. The predicted octanol–water partition coefficient (Wildman–Crippen LogP) is 1.14. The first-order valence-corrected chi connectivity index (χ1v) is 6.52. The van der Waals surface area contributed by atoms with Gasteiger partial charge < -0.3 is 14.6 Å². The molecule has 104 valence electrons. The van der Waals surface area contributed by atoms with Gasteiger partial charge in [-0.3, -0.25) is 9.59 Å². The number of aliphatic hydroxyl groups excluding tert-OH is 1. The molecule has 1 aliphatic carbocycles. The van der Waals surface area contributed by atoms with Crippen LogP contribution in [0.5, 0.6) is 0 Å². The molecule has 0 aromatic heterocycles. The van der Waals surface area contributed by atoms with Crippen LogP contribution in [0.4, 0.5) is 0 Å². The lowest BCUT2D eigenvalue weighted by Crippen LogP contribution is -2.42. The molecular formula is C13H22O5. The highest BCUT2D eigenvalue weighted by molar-refractivity contribution is 5.82. The number of esters is 2. The van der Waals surface area contributed by atoms with Crippen LogP contribution < -0.4 is 0 Å². The van der Waals surface area contributed by atoms with Crippen LogP contribution in [-0.2, 0) is 19.1 Å². The maximum absolute atomic E-state index is 11.9. The van der Waals surface area contributed by atoms with Crippen molar-refractivity contribution in [3.8, 4) is 0 Å². The van der Waals surface area contributed by atoms with Crippen molar-refractivity contribution in [1.29, 1.82) is 0 Å². The summed E-state index contributed by atoms with van der Waals surface area (Å²) in [5.74, 6) is -1.88. The summed E-state index contributed by atoms with van der Waals surface area (Å²) in [4.78, 5) is 23.7. The zero-order chi connectivity index (χ0) is 13.7. The Labute approximate surface area is 107 Å². The summed E-state index contributed by atoms with van der Waals surface area (Å²) in [5, 5.41) is 9.83. The average Bonchev–Trinajstić information content (AvgIpc) is 2.32. The summed E-state index contributed by atoms with van der Waals surface area (Å²) in [5.41, 5.74) is 0. The van der Waals surface area contributed by atoms with E-state index < -0.39 is 23.9 Å². The zero-order valence-electron chi connectivity index (χ0n) is 11.2. The number of hydrogen-bond donors (Lipinski definition) is 1. The minimum absolute atomic E-state index is 0.00918.